The largest absolute Gasteiger partial charge is 0.481 e. The van der Waals surface area contributed by atoms with Gasteiger partial charge >= 0.3 is 5.97 Å². The average Bonchev–Trinajstić information content (AvgIpc) is 2.92. The smallest absolute Gasteiger partial charge is 0.324 e. The van der Waals surface area contributed by atoms with Crippen LogP contribution in [0.15, 0.2) is 0 Å². The summed E-state index contributed by atoms with van der Waals surface area (Å²) in [6, 6.07) is 0. The minimum atomic E-state index is -0.743. The molecule has 6 heteroatoms. The van der Waals surface area contributed by atoms with Crippen molar-refractivity contribution in [2.45, 2.75) is 45.2 Å². The lowest BCUT2D eigenvalue weighted by Crippen LogP contribution is -2.49. The fourth-order valence-electron chi connectivity index (χ4n) is 3.27. The van der Waals surface area contributed by atoms with Crippen LogP contribution >= 0.6 is 0 Å². The van der Waals surface area contributed by atoms with Crippen LogP contribution in [0.4, 0.5) is 0 Å². The lowest BCUT2D eigenvalue weighted by molar-refractivity contribution is -0.150. The number of aromatic nitrogens is 2. The Morgan fingerprint density at radius 2 is 2.25 bits per heavy atom. The SMILES string of the molecule is CCC1(C(=O)O)CCCN1Cc1c(C)nn(C)c1OC. The zero-order chi connectivity index (χ0) is 14.9. The van der Waals surface area contributed by atoms with Crippen LogP contribution in [-0.2, 0) is 18.4 Å². The molecule has 1 atom stereocenters. The highest BCUT2D eigenvalue weighted by atomic mass is 16.5. The summed E-state index contributed by atoms with van der Waals surface area (Å²) < 4.78 is 7.10. The molecule has 1 unspecified atom stereocenters. The Balaban J connectivity index is 2.32. The molecule has 2 heterocycles. The van der Waals surface area contributed by atoms with E-state index in [4.69, 9.17) is 4.74 Å². The third-order valence-electron chi connectivity index (χ3n) is 4.44. The summed E-state index contributed by atoms with van der Waals surface area (Å²) in [6.45, 7) is 5.25. The van der Waals surface area contributed by atoms with Gasteiger partial charge in [-0.15, -0.1) is 0 Å². The number of carboxylic acid groups (broad SMARTS) is 1. The van der Waals surface area contributed by atoms with Gasteiger partial charge in [0.25, 0.3) is 0 Å². The number of carboxylic acids is 1. The average molecular weight is 281 g/mol. The van der Waals surface area contributed by atoms with Gasteiger partial charge in [-0.05, 0) is 32.7 Å². The molecule has 0 amide bonds. The minimum Gasteiger partial charge on any atom is -0.481 e. The molecule has 1 aromatic heterocycles. The number of ether oxygens (including phenoxy) is 1. The summed E-state index contributed by atoms with van der Waals surface area (Å²) in [4.78, 5) is 13.8. The number of methoxy groups -OCH3 is 1. The summed E-state index contributed by atoms with van der Waals surface area (Å²) in [5, 5.41) is 14.0. The Kier molecular flexibility index (Phi) is 4.04. The molecule has 1 N–H and O–H groups in total. The van der Waals surface area contributed by atoms with Crippen LogP contribution in [-0.4, -0.2) is 44.9 Å². The van der Waals surface area contributed by atoms with Gasteiger partial charge in [-0.1, -0.05) is 6.92 Å². The molecular formula is C14H23N3O3. The quantitative estimate of drug-likeness (QED) is 0.887. The first kappa shape index (κ1) is 14.8. The zero-order valence-corrected chi connectivity index (χ0v) is 12.6. The highest BCUT2D eigenvalue weighted by Crippen LogP contribution is 2.36. The topological polar surface area (TPSA) is 67.6 Å². The lowest BCUT2D eigenvalue weighted by Gasteiger charge is -2.33. The molecule has 0 saturated carbocycles. The number of aliphatic carboxylic acids is 1. The summed E-state index contributed by atoms with van der Waals surface area (Å²) in [5.41, 5.74) is 1.13. The summed E-state index contributed by atoms with van der Waals surface area (Å²) in [5.74, 6) is -0.0113. The van der Waals surface area contributed by atoms with Crippen LogP contribution in [0, 0.1) is 6.92 Å². The standard InChI is InChI=1S/C14H23N3O3/c1-5-14(13(18)19)7-6-8-17(14)9-11-10(2)15-16(3)12(11)20-4/h5-9H2,1-4H3,(H,18,19). The first-order chi connectivity index (χ1) is 9.46. The summed E-state index contributed by atoms with van der Waals surface area (Å²) >= 11 is 0. The van der Waals surface area contributed by atoms with Crippen LogP contribution in [0.5, 0.6) is 5.88 Å². The second-order valence-electron chi connectivity index (χ2n) is 5.41. The maximum absolute atomic E-state index is 11.7. The van der Waals surface area contributed by atoms with Crippen LogP contribution in [0.1, 0.15) is 37.4 Å². The fraction of sp³-hybridized carbons (Fsp3) is 0.714. The van der Waals surface area contributed by atoms with E-state index >= 15 is 0 Å². The van der Waals surface area contributed by atoms with Gasteiger partial charge in [0.2, 0.25) is 5.88 Å². The molecule has 2 rings (SSSR count). The van der Waals surface area contributed by atoms with Crippen LogP contribution in [0.3, 0.4) is 0 Å². The highest BCUT2D eigenvalue weighted by Gasteiger charge is 2.46. The van der Waals surface area contributed by atoms with E-state index in [-0.39, 0.29) is 0 Å². The molecule has 1 saturated heterocycles. The third kappa shape index (κ3) is 2.18. The molecule has 0 bridgehead atoms. The molecule has 1 fully saturated rings. The number of carbonyl (C=O) groups is 1. The predicted molar refractivity (Wildman–Crippen MR) is 74.8 cm³/mol. The molecule has 0 aliphatic carbocycles. The van der Waals surface area contributed by atoms with Gasteiger partial charge in [-0.25, -0.2) is 4.68 Å². The number of nitrogens with zero attached hydrogens (tertiary/aromatic N) is 3. The van der Waals surface area contributed by atoms with E-state index in [9.17, 15) is 9.90 Å². The van der Waals surface area contributed by atoms with Crippen molar-refractivity contribution in [1.82, 2.24) is 14.7 Å². The number of aryl methyl sites for hydroxylation is 2. The fourth-order valence-corrected chi connectivity index (χ4v) is 3.27. The summed E-state index contributed by atoms with van der Waals surface area (Å²) in [6.07, 6.45) is 2.24. The van der Waals surface area contributed by atoms with Gasteiger partial charge < -0.3 is 9.84 Å². The predicted octanol–water partition coefficient (Wildman–Crippen LogP) is 1.57. The van der Waals surface area contributed by atoms with E-state index in [1.54, 1.807) is 11.8 Å². The van der Waals surface area contributed by atoms with Crippen molar-refractivity contribution in [2.24, 2.45) is 7.05 Å². The number of likely N-dealkylation sites (tertiary alicyclic amines) is 1. The normalized spacial score (nSPS) is 23.2. The van der Waals surface area contributed by atoms with Crippen molar-refractivity contribution >= 4 is 5.97 Å². The van der Waals surface area contributed by atoms with Crippen molar-refractivity contribution in [3.8, 4) is 5.88 Å². The van der Waals surface area contributed by atoms with Gasteiger partial charge in [0, 0.05) is 13.6 Å². The molecule has 1 aliphatic heterocycles. The van der Waals surface area contributed by atoms with E-state index in [0.29, 0.717) is 25.3 Å². The second kappa shape index (κ2) is 5.44. The van der Waals surface area contributed by atoms with Gasteiger partial charge in [-0.2, -0.15) is 5.10 Å². The molecule has 0 spiro atoms. The molecule has 0 aromatic carbocycles. The Bertz CT molecular complexity index is 512. The second-order valence-corrected chi connectivity index (χ2v) is 5.41. The van der Waals surface area contributed by atoms with E-state index in [0.717, 1.165) is 24.2 Å². The van der Waals surface area contributed by atoms with Crippen molar-refractivity contribution < 1.29 is 14.6 Å². The van der Waals surface area contributed by atoms with E-state index in [1.165, 1.54) is 0 Å². The maximum Gasteiger partial charge on any atom is 0.324 e. The number of hydrogen-bond donors (Lipinski definition) is 1. The van der Waals surface area contributed by atoms with Crippen LogP contribution in [0.25, 0.3) is 0 Å². The van der Waals surface area contributed by atoms with E-state index in [1.807, 2.05) is 20.9 Å². The van der Waals surface area contributed by atoms with Crippen LogP contribution in [0.2, 0.25) is 0 Å². The minimum absolute atomic E-state index is 0.572. The molecule has 0 radical (unpaired) electrons. The van der Waals surface area contributed by atoms with E-state index in [2.05, 4.69) is 10.00 Å². The highest BCUT2D eigenvalue weighted by molar-refractivity contribution is 5.79. The van der Waals surface area contributed by atoms with Gasteiger partial charge in [-0.3, -0.25) is 9.69 Å². The number of rotatable bonds is 5. The monoisotopic (exact) mass is 281 g/mol. The summed E-state index contributed by atoms with van der Waals surface area (Å²) in [7, 11) is 3.46. The molecular weight excluding hydrogens is 258 g/mol. The Hall–Kier alpha value is -1.56. The molecule has 6 nitrogen and oxygen atoms in total. The Morgan fingerprint density at radius 1 is 1.55 bits per heavy atom. The van der Waals surface area contributed by atoms with Crippen molar-refractivity contribution in [2.75, 3.05) is 13.7 Å². The lowest BCUT2D eigenvalue weighted by atomic mass is 9.92. The molecule has 1 aromatic rings. The third-order valence-corrected chi connectivity index (χ3v) is 4.44. The first-order valence-corrected chi connectivity index (χ1v) is 7.01. The zero-order valence-electron chi connectivity index (χ0n) is 12.6. The van der Waals surface area contributed by atoms with Gasteiger partial charge in [0.05, 0.1) is 18.4 Å². The van der Waals surface area contributed by atoms with Crippen LogP contribution < -0.4 is 4.74 Å². The van der Waals surface area contributed by atoms with Crippen molar-refractivity contribution in [3.63, 3.8) is 0 Å². The molecule has 1 aliphatic rings. The maximum atomic E-state index is 11.7. The Labute approximate surface area is 119 Å². The Morgan fingerprint density at radius 3 is 2.80 bits per heavy atom. The van der Waals surface area contributed by atoms with Crippen molar-refractivity contribution in [1.29, 1.82) is 0 Å². The molecule has 20 heavy (non-hydrogen) atoms. The first-order valence-electron chi connectivity index (χ1n) is 7.01. The van der Waals surface area contributed by atoms with E-state index < -0.39 is 11.5 Å². The molecule has 112 valence electrons. The van der Waals surface area contributed by atoms with Crippen molar-refractivity contribution in [3.05, 3.63) is 11.3 Å². The van der Waals surface area contributed by atoms with Gasteiger partial charge in [0.15, 0.2) is 0 Å². The number of hydrogen-bond acceptors (Lipinski definition) is 4. The van der Waals surface area contributed by atoms with Gasteiger partial charge in [0.1, 0.15) is 5.54 Å².